The maximum absolute atomic E-state index is 2.43. The summed E-state index contributed by atoms with van der Waals surface area (Å²) in [6.07, 6.45) is 8.98. The first kappa shape index (κ1) is 8.55. The number of rotatable bonds is 2. The van der Waals surface area contributed by atoms with E-state index in [0.717, 1.165) is 0 Å². The summed E-state index contributed by atoms with van der Waals surface area (Å²) in [6, 6.07) is 10.8. The topological polar surface area (TPSA) is 0 Å². The van der Waals surface area contributed by atoms with Crippen LogP contribution in [0.25, 0.3) is 0 Å². The summed E-state index contributed by atoms with van der Waals surface area (Å²) in [5.74, 6) is 0. The molecular weight excluding hydrogens is 156 g/mol. The third-order valence-corrected chi connectivity index (χ3v) is 2.66. The SMILES string of the molecule is C1=C(Cc2ccccc2)CCCC1. The summed E-state index contributed by atoms with van der Waals surface area (Å²) in [4.78, 5) is 0. The van der Waals surface area contributed by atoms with Crippen LogP contribution < -0.4 is 0 Å². The largest absolute Gasteiger partial charge is 0.0850 e. The van der Waals surface area contributed by atoms with Gasteiger partial charge in [-0.2, -0.15) is 0 Å². The highest BCUT2D eigenvalue weighted by atomic mass is 14.1. The van der Waals surface area contributed by atoms with E-state index in [4.69, 9.17) is 0 Å². The van der Waals surface area contributed by atoms with Crippen molar-refractivity contribution in [3.63, 3.8) is 0 Å². The van der Waals surface area contributed by atoms with Crippen molar-refractivity contribution in [2.45, 2.75) is 32.1 Å². The lowest BCUT2D eigenvalue weighted by Crippen LogP contribution is -1.95. The molecule has 68 valence electrons. The molecular formula is C13H16. The number of benzene rings is 1. The van der Waals surface area contributed by atoms with Crippen LogP contribution in [0.1, 0.15) is 31.2 Å². The van der Waals surface area contributed by atoms with Crippen molar-refractivity contribution in [2.75, 3.05) is 0 Å². The van der Waals surface area contributed by atoms with Crippen molar-refractivity contribution < 1.29 is 0 Å². The van der Waals surface area contributed by atoms with Crippen molar-refractivity contribution in [2.24, 2.45) is 0 Å². The minimum Gasteiger partial charge on any atom is -0.0850 e. The van der Waals surface area contributed by atoms with E-state index in [1.165, 1.54) is 37.7 Å². The van der Waals surface area contributed by atoms with Crippen LogP contribution in [0, 0.1) is 0 Å². The molecule has 0 unspecified atom stereocenters. The van der Waals surface area contributed by atoms with Gasteiger partial charge in [0.15, 0.2) is 0 Å². The first-order chi connectivity index (χ1) is 6.45. The Labute approximate surface area is 80.3 Å². The normalized spacial score (nSPS) is 16.8. The molecule has 2 rings (SSSR count). The summed E-state index contributed by atoms with van der Waals surface area (Å²) in [6.45, 7) is 0. The summed E-state index contributed by atoms with van der Waals surface area (Å²) < 4.78 is 0. The molecule has 0 fully saturated rings. The molecule has 1 aromatic carbocycles. The van der Waals surface area contributed by atoms with Gasteiger partial charge in [0.25, 0.3) is 0 Å². The van der Waals surface area contributed by atoms with Crippen LogP contribution >= 0.6 is 0 Å². The van der Waals surface area contributed by atoms with Gasteiger partial charge in [0, 0.05) is 0 Å². The van der Waals surface area contributed by atoms with Crippen LogP contribution in [-0.2, 0) is 6.42 Å². The van der Waals surface area contributed by atoms with Gasteiger partial charge in [-0.15, -0.1) is 0 Å². The minimum absolute atomic E-state index is 1.17. The van der Waals surface area contributed by atoms with Crippen LogP contribution in [0.15, 0.2) is 42.0 Å². The van der Waals surface area contributed by atoms with Crippen LogP contribution in [0.4, 0.5) is 0 Å². The molecule has 0 amide bonds. The Kier molecular flexibility index (Phi) is 2.81. The van der Waals surface area contributed by atoms with Gasteiger partial charge in [-0.1, -0.05) is 42.0 Å². The van der Waals surface area contributed by atoms with E-state index in [0.29, 0.717) is 0 Å². The fourth-order valence-corrected chi connectivity index (χ4v) is 1.92. The van der Waals surface area contributed by atoms with Gasteiger partial charge in [0.2, 0.25) is 0 Å². The maximum atomic E-state index is 2.43. The molecule has 1 aliphatic rings. The molecule has 0 saturated heterocycles. The average Bonchev–Trinajstić information content (AvgIpc) is 2.21. The molecule has 0 nitrogen and oxygen atoms in total. The summed E-state index contributed by atoms with van der Waals surface area (Å²) in [5.41, 5.74) is 3.09. The van der Waals surface area contributed by atoms with Gasteiger partial charge >= 0.3 is 0 Å². The lowest BCUT2D eigenvalue weighted by atomic mass is 9.94. The lowest BCUT2D eigenvalue weighted by Gasteiger charge is -2.12. The fourth-order valence-electron chi connectivity index (χ4n) is 1.92. The Morgan fingerprint density at radius 1 is 1.00 bits per heavy atom. The summed E-state index contributed by atoms with van der Waals surface area (Å²) in [7, 11) is 0. The van der Waals surface area contributed by atoms with Crippen molar-refractivity contribution in [1.29, 1.82) is 0 Å². The van der Waals surface area contributed by atoms with Crippen LogP contribution in [0.5, 0.6) is 0 Å². The van der Waals surface area contributed by atoms with E-state index in [-0.39, 0.29) is 0 Å². The number of hydrogen-bond acceptors (Lipinski definition) is 0. The Morgan fingerprint density at radius 3 is 2.54 bits per heavy atom. The summed E-state index contributed by atoms with van der Waals surface area (Å²) in [5, 5.41) is 0. The van der Waals surface area contributed by atoms with Gasteiger partial charge in [-0.05, 0) is 37.7 Å². The molecule has 0 spiro atoms. The first-order valence-corrected chi connectivity index (χ1v) is 5.17. The maximum Gasteiger partial charge on any atom is -0.00671 e. The molecule has 0 aromatic heterocycles. The van der Waals surface area contributed by atoms with Crippen molar-refractivity contribution in [1.82, 2.24) is 0 Å². The van der Waals surface area contributed by atoms with E-state index in [1.54, 1.807) is 5.57 Å². The highest BCUT2D eigenvalue weighted by Gasteiger charge is 2.03. The van der Waals surface area contributed by atoms with E-state index < -0.39 is 0 Å². The van der Waals surface area contributed by atoms with Crippen molar-refractivity contribution in [3.8, 4) is 0 Å². The quantitative estimate of drug-likeness (QED) is 0.596. The standard InChI is InChI=1S/C13H16/c1-3-7-12(8-4-1)11-13-9-5-2-6-10-13/h1,3-4,7-9H,2,5-6,10-11H2. The van der Waals surface area contributed by atoms with Crippen molar-refractivity contribution >= 4 is 0 Å². The molecule has 0 bridgehead atoms. The summed E-state index contributed by atoms with van der Waals surface area (Å²) >= 11 is 0. The molecule has 0 heteroatoms. The third-order valence-electron chi connectivity index (χ3n) is 2.66. The minimum atomic E-state index is 1.17. The predicted octanol–water partition coefficient (Wildman–Crippen LogP) is 3.73. The van der Waals surface area contributed by atoms with Crippen LogP contribution in [-0.4, -0.2) is 0 Å². The van der Waals surface area contributed by atoms with Gasteiger partial charge in [0.1, 0.15) is 0 Å². The molecule has 0 aliphatic heterocycles. The third kappa shape index (κ3) is 2.45. The molecule has 0 saturated carbocycles. The van der Waals surface area contributed by atoms with E-state index in [2.05, 4.69) is 36.4 Å². The second-order valence-electron chi connectivity index (χ2n) is 3.77. The predicted molar refractivity (Wildman–Crippen MR) is 56.7 cm³/mol. The van der Waals surface area contributed by atoms with Gasteiger partial charge < -0.3 is 0 Å². The Hall–Kier alpha value is -1.04. The average molecular weight is 172 g/mol. The van der Waals surface area contributed by atoms with Gasteiger partial charge in [-0.25, -0.2) is 0 Å². The lowest BCUT2D eigenvalue weighted by molar-refractivity contribution is 0.688. The molecule has 0 N–H and O–H groups in total. The second-order valence-corrected chi connectivity index (χ2v) is 3.77. The van der Waals surface area contributed by atoms with E-state index in [1.807, 2.05) is 0 Å². The molecule has 1 aromatic rings. The Morgan fingerprint density at radius 2 is 1.85 bits per heavy atom. The molecule has 1 aliphatic carbocycles. The van der Waals surface area contributed by atoms with Gasteiger partial charge in [-0.3, -0.25) is 0 Å². The zero-order valence-corrected chi connectivity index (χ0v) is 8.00. The van der Waals surface area contributed by atoms with Crippen LogP contribution in [0.2, 0.25) is 0 Å². The fraction of sp³-hybridized carbons (Fsp3) is 0.385. The van der Waals surface area contributed by atoms with Crippen LogP contribution in [0.3, 0.4) is 0 Å². The molecule has 0 atom stereocenters. The first-order valence-electron chi connectivity index (χ1n) is 5.17. The van der Waals surface area contributed by atoms with E-state index >= 15 is 0 Å². The highest BCUT2D eigenvalue weighted by Crippen LogP contribution is 2.20. The smallest absolute Gasteiger partial charge is 0.00671 e. The zero-order chi connectivity index (χ0) is 8.93. The number of allylic oxidation sites excluding steroid dienone is 2. The van der Waals surface area contributed by atoms with Crippen molar-refractivity contribution in [3.05, 3.63) is 47.5 Å². The molecule has 0 radical (unpaired) electrons. The Balaban J connectivity index is 2.01. The molecule has 13 heavy (non-hydrogen) atoms. The monoisotopic (exact) mass is 172 g/mol. The highest BCUT2D eigenvalue weighted by molar-refractivity contribution is 5.22. The zero-order valence-electron chi connectivity index (χ0n) is 8.00. The molecule has 0 heterocycles. The Bertz CT molecular complexity index is 282. The number of hydrogen-bond donors (Lipinski definition) is 0. The second kappa shape index (κ2) is 4.27. The van der Waals surface area contributed by atoms with Gasteiger partial charge in [0.05, 0.1) is 0 Å². The van der Waals surface area contributed by atoms with E-state index in [9.17, 15) is 0 Å².